The van der Waals surface area contributed by atoms with Gasteiger partial charge in [0.15, 0.2) is 11.6 Å². The van der Waals surface area contributed by atoms with Crippen LogP contribution in [0.4, 0.5) is 8.78 Å². The number of ether oxygens (including phenoxy) is 1. The zero-order valence-corrected chi connectivity index (χ0v) is 15.4. The number of hydrogen-bond donors (Lipinski definition) is 0. The molecular formula is C22H30F2O. The van der Waals surface area contributed by atoms with Crippen molar-refractivity contribution in [2.75, 3.05) is 6.61 Å². The van der Waals surface area contributed by atoms with Crippen molar-refractivity contribution in [3.63, 3.8) is 0 Å². The van der Waals surface area contributed by atoms with Gasteiger partial charge in [0.25, 0.3) is 0 Å². The quantitative estimate of drug-likeness (QED) is 0.306. The van der Waals surface area contributed by atoms with Gasteiger partial charge in [-0.15, -0.1) is 0 Å². The largest absolute Gasteiger partial charge is 0.377 e. The summed E-state index contributed by atoms with van der Waals surface area (Å²) in [5.74, 6) is 4.50. The highest BCUT2D eigenvalue weighted by Crippen LogP contribution is 2.11. The van der Waals surface area contributed by atoms with Gasteiger partial charge >= 0.3 is 0 Å². The predicted octanol–water partition coefficient (Wildman–Crippen LogP) is 6.57. The third-order valence-electron chi connectivity index (χ3n) is 3.89. The smallest absolute Gasteiger partial charge is 0.159 e. The van der Waals surface area contributed by atoms with Gasteiger partial charge in [0, 0.05) is 13.0 Å². The van der Waals surface area contributed by atoms with Crippen LogP contribution >= 0.6 is 0 Å². The topological polar surface area (TPSA) is 9.23 Å². The molecule has 1 rings (SSSR count). The molecule has 1 nitrogen and oxygen atoms in total. The Bertz CT molecular complexity index is 569. The zero-order chi connectivity index (χ0) is 18.3. The summed E-state index contributed by atoms with van der Waals surface area (Å²) in [6.45, 7) is 6.70. The first kappa shape index (κ1) is 21.4. The molecule has 0 spiro atoms. The molecule has 3 heteroatoms. The fourth-order valence-electron chi connectivity index (χ4n) is 2.51. The Labute approximate surface area is 151 Å². The number of benzene rings is 1. The van der Waals surface area contributed by atoms with Crippen LogP contribution in [0, 0.1) is 23.5 Å². The monoisotopic (exact) mass is 348 g/mol. The Kier molecular flexibility index (Phi) is 11.6. The van der Waals surface area contributed by atoms with Gasteiger partial charge in [-0.05, 0) is 43.0 Å². The minimum absolute atomic E-state index is 0.339. The summed E-state index contributed by atoms with van der Waals surface area (Å²) in [7, 11) is 0. The highest BCUT2D eigenvalue weighted by molar-refractivity contribution is 5.22. The number of halogens is 2. The Morgan fingerprint density at radius 1 is 0.960 bits per heavy atom. The van der Waals surface area contributed by atoms with Crippen LogP contribution in [0.1, 0.15) is 70.3 Å². The number of rotatable bonds is 12. The van der Waals surface area contributed by atoms with Crippen LogP contribution in [0.15, 0.2) is 30.4 Å². The molecule has 0 aromatic heterocycles. The maximum Gasteiger partial charge on any atom is 0.159 e. The molecule has 0 radical (unpaired) electrons. The van der Waals surface area contributed by atoms with Crippen LogP contribution in [0.2, 0.25) is 0 Å². The second kappa shape index (κ2) is 13.6. The fourth-order valence-corrected chi connectivity index (χ4v) is 2.51. The van der Waals surface area contributed by atoms with E-state index in [-0.39, 0.29) is 0 Å². The molecule has 0 atom stereocenters. The Morgan fingerprint density at radius 3 is 2.24 bits per heavy atom. The Morgan fingerprint density at radius 2 is 1.60 bits per heavy atom. The van der Waals surface area contributed by atoms with Gasteiger partial charge in [0.05, 0.1) is 6.61 Å². The van der Waals surface area contributed by atoms with Crippen LogP contribution in [0.25, 0.3) is 0 Å². The molecule has 0 bridgehead atoms. The van der Waals surface area contributed by atoms with Crippen LogP contribution in [0.5, 0.6) is 0 Å². The van der Waals surface area contributed by atoms with E-state index in [1.165, 1.54) is 44.6 Å². The van der Waals surface area contributed by atoms with E-state index in [9.17, 15) is 8.78 Å². The van der Waals surface area contributed by atoms with Crippen molar-refractivity contribution in [3.8, 4) is 11.8 Å². The maximum absolute atomic E-state index is 13.0. The van der Waals surface area contributed by atoms with Crippen LogP contribution < -0.4 is 0 Å². The summed E-state index contributed by atoms with van der Waals surface area (Å²) in [5.41, 5.74) is 1.61. The standard InChI is InChI=1S/C22H30F2O/c1-19(2)13-11-9-7-5-3-4-6-8-10-12-16-25-18-20-14-15-21(23)22(24)17-20/h14-15,17H,1,3-10,12,16,18H2,2H3. The van der Waals surface area contributed by atoms with Crippen LogP contribution in [-0.4, -0.2) is 6.61 Å². The Balaban J connectivity index is 1.87. The lowest BCUT2D eigenvalue weighted by atomic mass is 10.1. The molecule has 0 fully saturated rings. The lowest BCUT2D eigenvalue weighted by molar-refractivity contribution is 0.116. The van der Waals surface area contributed by atoms with Gasteiger partial charge < -0.3 is 4.74 Å². The number of allylic oxidation sites excluding steroid dienone is 1. The van der Waals surface area contributed by atoms with E-state index in [2.05, 4.69) is 18.4 Å². The van der Waals surface area contributed by atoms with Gasteiger partial charge in [0.2, 0.25) is 0 Å². The van der Waals surface area contributed by atoms with E-state index in [0.717, 1.165) is 30.9 Å². The van der Waals surface area contributed by atoms with Crippen molar-refractivity contribution in [1.82, 2.24) is 0 Å². The van der Waals surface area contributed by atoms with Gasteiger partial charge in [-0.2, -0.15) is 0 Å². The zero-order valence-electron chi connectivity index (χ0n) is 15.4. The van der Waals surface area contributed by atoms with Gasteiger partial charge in [0.1, 0.15) is 0 Å². The van der Waals surface area contributed by atoms with Crippen molar-refractivity contribution in [2.45, 2.75) is 71.3 Å². The average Bonchev–Trinajstić information content (AvgIpc) is 2.58. The molecule has 0 unspecified atom stereocenters. The first-order valence-corrected chi connectivity index (χ1v) is 9.25. The summed E-state index contributed by atoms with van der Waals surface area (Å²) in [5, 5.41) is 0. The molecule has 0 saturated carbocycles. The molecule has 0 saturated heterocycles. The molecule has 0 aliphatic heterocycles. The van der Waals surface area contributed by atoms with E-state index >= 15 is 0 Å². The van der Waals surface area contributed by atoms with Crippen molar-refractivity contribution in [1.29, 1.82) is 0 Å². The van der Waals surface area contributed by atoms with Gasteiger partial charge in [-0.25, -0.2) is 8.78 Å². The third-order valence-corrected chi connectivity index (χ3v) is 3.89. The van der Waals surface area contributed by atoms with E-state index in [4.69, 9.17) is 4.74 Å². The number of hydrogen-bond acceptors (Lipinski definition) is 1. The molecule has 1 aromatic carbocycles. The van der Waals surface area contributed by atoms with Crippen LogP contribution in [0.3, 0.4) is 0 Å². The molecule has 1 aromatic rings. The lowest BCUT2D eigenvalue weighted by Crippen LogP contribution is -1.97. The molecule has 138 valence electrons. The SMILES string of the molecule is C=C(C)C#CCCCCCCCCCCOCc1ccc(F)c(F)c1. The van der Waals surface area contributed by atoms with Crippen LogP contribution in [-0.2, 0) is 11.3 Å². The summed E-state index contributed by atoms with van der Waals surface area (Å²) < 4.78 is 31.3. The first-order valence-electron chi connectivity index (χ1n) is 9.25. The van der Waals surface area contributed by atoms with Gasteiger partial charge in [-0.1, -0.05) is 63.0 Å². The summed E-state index contributed by atoms with van der Waals surface area (Å²) >= 11 is 0. The molecule has 25 heavy (non-hydrogen) atoms. The van der Waals surface area contributed by atoms with Crippen molar-refractivity contribution in [2.24, 2.45) is 0 Å². The predicted molar refractivity (Wildman–Crippen MR) is 100 cm³/mol. The molecule has 0 N–H and O–H groups in total. The van der Waals surface area contributed by atoms with E-state index in [1.54, 1.807) is 6.07 Å². The van der Waals surface area contributed by atoms with E-state index < -0.39 is 11.6 Å². The minimum atomic E-state index is -0.816. The lowest BCUT2D eigenvalue weighted by Gasteiger charge is -2.05. The van der Waals surface area contributed by atoms with Crippen molar-refractivity contribution < 1.29 is 13.5 Å². The van der Waals surface area contributed by atoms with Crippen molar-refractivity contribution in [3.05, 3.63) is 47.5 Å². The molecule has 0 aliphatic rings. The van der Waals surface area contributed by atoms with Gasteiger partial charge in [-0.3, -0.25) is 0 Å². The first-order chi connectivity index (χ1) is 12.1. The maximum atomic E-state index is 13.0. The Hall–Kier alpha value is -1.66. The molecule has 0 heterocycles. The van der Waals surface area contributed by atoms with Crippen molar-refractivity contribution >= 4 is 0 Å². The van der Waals surface area contributed by atoms with E-state index in [0.29, 0.717) is 18.8 Å². The molecule has 0 aliphatic carbocycles. The average molecular weight is 348 g/mol. The molecule has 0 amide bonds. The third kappa shape index (κ3) is 11.5. The highest BCUT2D eigenvalue weighted by Gasteiger charge is 2.02. The minimum Gasteiger partial charge on any atom is -0.377 e. The summed E-state index contributed by atoms with van der Waals surface area (Å²) in [6.07, 6.45) is 10.6. The highest BCUT2D eigenvalue weighted by atomic mass is 19.2. The summed E-state index contributed by atoms with van der Waals surface area (Å²) in [6, 6.07) is 3.89. The fraction of sp³-hybridized carbons (Fsp3) is 0.545. The summed E-state index contributed by atoms with van der Waals surface area (Å²) in [4.78, 5) is 0. The second-order valence-electron chi connectivity index (χ2n) is 6.46. The molecular weight excluding hydrogens is 318 g/mol. The number of unbranched alkanes of at least 4 members (excludes halogenated alkanes) is 8. The van der Waals surface area contributed by atoms with E-state index in [1.807, 2.05) is 6.92 Å². The second-order valence-corrected chi connectivity index (χ2v) is 6.46. The normalized spacial score (nSPS) is 10.4.